The van der Waals surface area contributed by atoms with E-state index in [0.29, 0.717) is 17.9 Å². The molecule has 2 rings (SSSR count). The lowest BCUT2D eigenvalue weighted by molar-refractivity contribution is -0.139. The number of fused-ring (bicyclic) bond motifs is 1. The number of carbonyl (C=O) groups is 1. The Morgan fingerprint density at radius 2 is 2.41 bits per heavy atom. The Balaban J connectivity index is 2.30. The van der Waals surface area contributed by atoms with Gasteiger partial charge in [-0.3, -0.25) is 4.79 Å². The van der Waals surface area contributed by atoms with E-state index < -0.39 is 0 Å². The van der Waals surface area contributed by atoms with Crippen LogP contribution in [0.4, 0.5) is 0 Å². The number of benzene rings is 1. The van der Waals surface area contributed by atoms with E-state index in [1.807, 2.05) is 0 Å². The Morgan fingerprint density at radius 1 is 1.59 bits per heavy atom. The van der Waals surface area contributed by atoms with Gasteiger partial charge in [0.25, 0.3) is 0 Å². The second kappa shape index (κ2) is 4.71. The zero-order valence-corrected chi connectivity index (χ0v) is 9.40. The van der Waals surface area contributed by atoms with Gasteiger partial charge >= 0.3 is 5.97 Å². The molecule has 1 heterocycles. The van der Waals surface area contributed by atoms with Crippen molar-refractivity contribution in [1.82, 2.24) is 0 Å². The number of nitriles is 1. The summed E-state index contributed by atoms with van der Waals surface area (Å²) in [6.45, 7) is 0.386. The minimum atomic E-state index is -0.295. The molecule has 86 valence electrons. The van der Waals surface area contributed by atoms with Gasteiger partial charge in [-0.15, -0.1) is 0 Å². The van der Waals surface area contributed by atoms with Crippen molar-refractivity contribution in [2.24, 2.45) is 0 Å². The zero-order valence-electron chi connectivity index (χ0n) is 9.40. The number of carbonyl (C=O) groups excluding carboxylic acids is 1. The molecule has 0 amide bonds. The summed E-state index contributed by atoms with van der Waals surface area (Å²) in [7, 11) is 1.35. The summed E-state index contributed by atoms with van der Waals surface area (Å²) in [5.74, 6) is 0.349. The maximum Gasteiger partial charge on any atom is 0.309 e. The largest absolute Gasteiger partial charge is 0.489 e. The van der Waals surface area contributed by atoms with Gasteiger partial charge in [-0.1, -0.05) is 6.07 Å². The summed E-state index contributed by atoms with van der Waals surface area (Å²) < 4.78 is 10.0. The highest BCUT2D eigenvalue weighted by Crippen LogP contribution is 2.30. The number of methoxy groups -OCH3 is 1. The average molecular weight is 229 g/mol. The lowest BCUT2D eigenvalue weighted by atomic mass is 10.0. The Labute approximate surface area is 99.1 Å². The predicted octanol–water partition coefficient (Wildman–Crippen LogP) is 1.70. The highest BCUT2D eigenvalue weighted by molar-refractivity contribution is 5.82. The Kier molecular flexibility index (Phi) is 3.10. The van der Waals surface area contributed by atoms with Crippen LogP contribution in [0.5, 0.6) is 5.75 Å². The summed E-state index contributed by atoms with van der Waals surface area (Å²) in [5.41, 5.74) is 2.19. The molecule has 0 aromatic heterocycles. The molecule has 1 aliphatic rings. The van der Waals surface area contributed by atoms with Gasteiger partial charge in [0, 0.05) is 5.56 Å². The van der Waals surface area contributed by atoms with Crippen molar-refractivity contribution in [2.45, 2.75) is 6.42 Å². The fourth-order valence-electron chi connectivity index (χ4n) is 1.69. The number of hydrogen-bond acceptors (Lipinski definition) is 4. The number of rotatable bonds is 2. The minimum absolute atomic E-state index is 0.207. The molecule has 0 radical (unpaired) electrons. The van der Waals surface area contributed by atoms with Crippen LogP contribution in [0.1, 0.15) is 11.1 Å². The average Bonchev–Trinajstić information content (AvgIpc) is 2.37. The van der Waals surface area contributed by atoms with Crippen LogP contribution < -0.4 is 4.74 Å². The first-order chi connectivity index (χ1) is 8.24. The Morgan fingerprint density at radius 3 is 3.12 bits per heavy atom. The molecule has 0 N–H and O–H groups in total. The summed E-state index contributed by atoms with van der Waals surface area (Å²) in [4.78, 5) is 11.1. The third-order valence-electron chi connectivity index (χ3n) is 2.56. The molecule has 0 aliphatic carbocycles. The SMILES string of the molecule is COC(=O)Cc1ccc2c(c1)OCC=C2C#N. The standard InChI is InChI=1S/C13H11NO3/c1-16-13(15)7-9-2-3-11-10(8-14)4-5-17-12(11)6-9/h2-4,6H,5,7H2,1H3. The minimum Gasteiger partial charge on any atom is -0.489 e. The van der Waals surface area contributed by atoms with E-state index >= 15 is 0 Å². The first kappa shape index (κ1) is 11.2. The molecular formula is C13H11NO3. The van der Waals surface area contributed by atoms with Gasteiger partial charge in [0.2, 0.25) is 0 Å². The second-order valence-corrected chi connectivity index (χ2v) is 3.62. The maximum absolute atomic E-state index is 11.1. The predicted molar refractivity (Wildman–Crippen MR) is 61.2 cm³/mol. The Hall–Kier alpha value is -2.28. The van der Waals surface area contributed by atoms with E-state index in [1.165, 1.54) is 7.11 Å². The fourth-order valence-corrected chi connectivity index (χ4v) is 1.69. The van der Waals surface area contributed by atoms with E-state index in [4.69, 9.17) is 10.00 Å². The number of ether oxygens (including phenoxy) is 2. The maximum atomic E-state index is 11.1. The first-order valence-corrected chi connectivity index (χ1v) is 5.17. The van der Waals surface area contributed by atoms with Crippen LogP contribution in [0.25, 0.3) is 5.57 Å². The summed E-state index contributed by atoms with van der Waals surface area (Å²) in [6, 6.07) is 7.49. The third kappa shape index (κ3) is 2.28. The third-order valence-corrected chi connectivity index (χ3v) is 2.56. The molecule has 0 atom stereocenters. The number of nitrogens with zero attached hydrogens (tertiary/aromatic N) is 1. The summed E-state index contributed by atoms with van der Waals surface area (Å²) >= 11 is 0. The number of hydrogen-bond donors (Lipinski definition) is 0. The van der Waals surface area contributed by atoms with E-state index in [0.717, 1.165) is 11.1 Å². The molecule has 4 heteroatoms. The van der Waals surface area contributed by atoms with Crippen molar-refractivity contribution in [1.29, 1.82) is 5.26 Å². The van der Waals surface area contributed by atoms with Gasteiger partial charge in [-0.2, -0.15) is 5.26 Å². The van der Waals surface area contributed by atoms with Crippen LogP contribution in [-0.4, -0.2) is 19.7 Å². The highest BCUT2D eigenvalue weighted by Gasteiger charge is 2.14. The second-order valence-electron chi connectivity index (χ2n) is 3.62. The van der Waals surface area contributed by atoms with Crippen LogP contribution in [0, 0.1) is 11.3 Å². The van der Waals surface area contributed by atoms with Crippen molar-refractivity contribution in [2.75, 3.05) is 13.7 Å². The topological polar surface area (TPSA) is 59.3 Å². The fraction of sp³-hybridized carbons (Fsp3) is 0.231. The molecular weight excluding hydrogens is 218 g/mol. The smallest absolute Gasteiger partial charge is 0.309 e. The molecule has 1 aliphatic heterocycles. The number of esters is 1. The Bertz CT molecular complexity index is 526. The molecule has 0 spiro atoms. The van der Waals surface area contributed by atoms with Crippen molar-refractivity contribution in [3.05, 3.63) is 35.4 Å². The van der Waals surface area contributed by atoms with E-state index in [9.17, 15) is 4.79 Å². The molecule has 0 fully saturated rings. The van der Waals surface area contributed by atoms with Gasteiger partial charge in [-0.25, -0.2) is 0 Å². The van der Waals surface area contributed by atoms with Crippen LogP contribution in [-0.2, 0) is 16.0 Å². The molecule has 0 bridgehead atoms. The zero-order chi connectivity index (χ0) is 12.3. The lowest BCUT2D eigenvalue weighted by Crippen LogP contribution is -2.07. The first-order valence-electron chi connectivity index (χ1n) is 5.17. The van der Waals surface area contributed by atoms with Gasteiger partial charge < -0.3 is 9.47 Å². The van der Waals surface area contributed by atoms with Gasteiger partial charge in [0.05, 0.1) is 25.2 Å². The molecule has 4 nitrogen and oxygen atoms in total. The van der Waals surface area contributed by atoms with Crippen LogP contribution in [0.3, 0.4) is 0 Å². The molecule has 17 heavy (non-hydrogen) atoms. The van der Waals surface area contributed by atoms with Gasteiger partial charge in [0.15, 0.2) is 0 Å². The molecule has 0 saturated heterocycles. The van der Waals surface area contributed by atoms with E-state index in [2.05, 4.69) is 10.8 Å². The lowest BCUT2D eigenvalue weighted by Gasteiger charge is -2.15. The summed E-state index contributed by atoms with van der Waals surface area (Å²) in [5, 5.41) is 8.94. The van der Waals surface area contributed by atoms with E-state index in [1.54, 1.807) is 24.3 Å². The van der Waals surface area contributed by atoms with Gasteiger partial charge in [-0.05, 0) is 23.8 Å². The van der Waals surface area contributed by atoms with Gasteiger partial charge in [0.1, 0.15) is 12.4 Å². The summed E-state index contributed by atoms with van der Waals surface area (Å²) in [6.07, 6.45) is 1.95. The molecule has 0 saturated carbocycles. The van der Waals surface area contributed by atoms with Crippen molar-refractivity contribution in [3.63, 3.8) is 0 Å². The van der Waals surface area contributed by atoms with Crippen molar-refractivity contribution < 1.29 is 14.3 Å². The van der Waals surface area contributed by atoms with Crippen LogP contribution in [0.15, 0.2) is 24.3 Å². The van der Waals surface area contributed by atoms with E-state index in [-0.39, 0.29) is 12.4 Å². The van der Waals surface area contributed by atoms with Crippen molar-refractivity contribution >= 4 is 11.5 Å². The number of allylic oxidation sites excluding steroid dienone is 1. The van der Waals surface area contributed by atoms with Crippen molar-refractivity contribution in [3.8, 4) is 11.8 Å². The molecule has 1 aromatic rings. The highest BCUT2D eigenvalue weighted by atomic mass is 16.5. The molecule has 0 unspecified atom stereocenters. The quantitative estimate of drug-likeness (QED) is 0.724. The monoisotopic (exact) mass is 229 g/mol. The van der Waals surface area contributed by atoms with Crippen LogP contribution >= 0.6 is 0 Å². The van der Waals surface area contributed by atoms with Crippen LogP contribution in [0.2, 0.25) is 0 Å². The normalized spacial score (nSPS) is 12.8. The molecule has 1 aromatic carbocycles.